The lowest BCUT2D eigenvalue weighted by Gasteiger charge is -2.29. The Balaban J connectivity index is 1.29. The van der Waals surface area contributed by atoms with E-state index in [-0.39, 0.29) is 41.1 Å². The molecule has 4 aromatic carbocycles. The molecule has 1 fully saturated rings. The van der Waals surface area contributed by atoms with Gasteiger partial charge >= 0.3 is 0 Å². The van der Waals surface area contributed by atoms with E-state index in [0.29, 0.717) is 40.1 Å². The van der Waals surface area contributed by atoms with E-state index >= 15 is 0 Å². The number of thiocarbonyl (C=S) groups is 1. The summed E-state index contributed by atoms with van der Waals surface area (Å²) in [4.78, 5) is 38.9. The number of non-ortho nitro benzene ring substituents is 1. The highest BCUT2D eigenvalue weighted by molar-refractivity contribution is 7.80. The number of nitro groups is 1. The molecule has 0 unspecified atom stereocenters. The highest BCUT2D eigenvalue weighted by atomic mass is 35.5. The van der Waals surface area contributed by atoms with Gasteiger partial charge in [-0.15, -0.1) is 0 Å². The van der Waals surface area contributed by atoms with Gasteiger partial charge in [-0.25, -0.2) is 0 Å². The Morgan fingerprint density at radius 1 is 1.02 bits per heavy atom. The molecule has 2 heterocycles. The fraction of sp³-hybridized carbons (Fsp3) is 0.0938. The molecule has 0 bridgehead atoms. The van der Waals surface area contributed by atoms with Crippen molar-refractivity contribution in [2.24, 2.45) is 0 Å². The van der Waals surface area contributed by atoms with E-state index in [1.807, 2.05) is 18.2 Å². The lowest BCUT2D eigenvalue weighted by atomic mass is 10.1. The van der Waals surface area contributed by atoms with Crippen LogP contribution in [0.2, 0.25) is 5.02 Å². The topological polar surface area (TPSA) is 129 Å². The number of amides is 2. The highest BCUT2D eigenvalue weighted by Gasteiger charge is 2.35. The Bertz CT molecular complexity index is 1860. The second-order valence-corrected chi connectivity index (χ2v) is 10.6. The van der Waals surface area contributed by atoms with Crippen molar-refractivity contribution >= 4 is 58.2 Å². The maximum absolute atomic E-state index is 13.7. The molecule has 0 atom stereocenters. The van der Waals surface area contributed by atoms with Gasteiger partial charge in [0.25, 0.3) is 17.5 Å². The number of nitrogens with one attached hydrogen (secondary N) is 1. The zero-order valence-electron chi connectivity index (χ0n) is 23.2. The number of carbonyl (C=O) groups is 2. The van der Waals surface area contributed by atoms with Crippen molar-refractivity contribution in [2.45, 2.75) is 13.2 Å². The monoisotopic (exact) mass is 643 g/mol. The van der Waals surface area contributed by atoms with Crippen molar-refractivity contribution in [1.82, 2.24) is 5.32 Å². The van der Waals surface area contributed by atoms with Crippen molar-refractivity contribution in [3.63, 3.8) is 0 Å². The number of nitro benzene ring substituents is 1. The molecule has 45 heavy (non-hydrogen) atoms. The van der Waals surface area contributed by atoms with Crippen molar-refractivity contribution in [3.8, 4) is 23.0 Å². The quantitative estimate of drug-likeness (QED) is 0.0771. The normalized spacial score (nSPS) is 15.3. The van der Waals surface area contributed by atoms with Crippen LogP contribution in [0, 0.1) is 10.1 Å². The van der Waals surface area contributed by atoms with Crippen LogP contribution in [0.4, 0.5) is 11.4 Å². The van der Waals surface area contributed by atoms with Gasteiger partial charge in [-0.1, -0.05) is 29.8 Å². The maximum atomic E-state index is 13.7. The number of hydrogen-bond acceptors (Lipinski definition) is 9. The molecular formula is C32H22ClN3O8S. The first kappa shape index (κ1) is 29.8. The molecule has 0 aromatic heterocycles. The Kier molecular flexibility index (Phi) is 8.43. The van der Waals surface area contributed by atoms with E-state index < -0.39 is 16.7 Å². The van der Waals surface area contributed by atoms with Gasteiger partial charge in [0.1, 0.15) is 35.2 Å². The van der Waals surface area contributed by atoms with Crippen LogP contribution in [0.1, 0.15) is 16.7 Å². The lowest BCUT2D eigenvalue weighted by Crippen LogP contribution is -2.54. The first-order valence-electron chi connectivity index (χ1n) is 13.4. The molecule has 13 heteroatoms. The van der Waals surface area contributed by atoms with Gasteiger partial charge in [0, 0.05) is 33.8 Å². The van der Waals surface area contributed by atoms with Crippen molar-refractivity contribution < 1.29 is 33.5 Å². The summed E-state index contributed by atoms with van der Waals surface area (Å²) in [6, 6.07) is 23.0. The molecule has 2 aliphatic heterocycles. The van der Waals surface area contributed by atoms with Gasteiger partial charge < -0.3 is 18.9 Å². The predicted octanol–water partition coefficient (Wildman–Crippen LogP) is 6.32. The number of fused-ring (bicyclic) bond motifs is 1. The molecule has 1 N–H and O–H groups in total. The van der Waals surface area contributed by atoms with E-state index in [1.165, 1.54) is 24.3 Å². The Hall–Kier alpha value is -5.30. The number of halogens is 1. The third-order valence-corrected chi connectivity index (χ3v) is 7.32. The SMILES string of the molecule is O=C1NC(=S)N(c2ccc(Oc3ccccc3)cc2)C(=O)C1=Cc1cc([N+](=O)[O-])ccc1OCc1cc(Cl)cc2c1OCOC2. The average molecular weight is 644 g/mol. The first-order valence-corrected chi connectivity index (χ1v) is 14.2. The van der Waals surface area contributed by atoms with E-state index in [4.69, 9.17) is 42.8 Å². The Morgan fingerprint density at radius 2 is 1.78 bits per heavy atom. The first-order chi connectivity index (χ1) is 21.8. The van der Waals surface area contributed by atoms with Gasteiger partial charge in [-0.2, -0.15) is 0 Å². The van der Waals surface area contributed by atoms with Crippen molar-refractivity contribution in [1.29, 1.82) is 0 Å². The largest absolute Gasteiger partial charge is 0.488 e. The van der Waals surface area contributed by atoms with E-state index in [9.17, 15) is 19.7 Å². The summed E-state index contributed by atoms with van der Waals surface area (Å²) in [6.07, 6.45) is 1.24. The molecule has 2 aliphatic rings. The molecule has 0 aliphatic carbocycles. The molecule has 226 valence electrons. The smallest absolute Gasteiger partial charge is 0.270 e. The van der Waals surface area contributed by atoms with Crippen LogP contribution >= 0.6 is 23.8 Å². The van der Waals surface area contributed by atoms with E-state index in [1.54, 1.807) is 48.5 Å². The predicted molar refractivity (Wildman–Crippen MR) is 168 cm³/mol. The van der Waals surface area contributed by atoms with E-state index in [0.717, 1.165) is 10.5 Å². The highest BCUT2D eigenvalue weighted by Crippen LogP contribution is 2.34. The molecular weight excluding hydrogens is 622 g/mol. The van der Waals surface area contributed by atoms with Gasteiger partial charge in [0.2, 0.25) is 0 Å². The minimum absolute atomic E-state index is 0.0232. The Labute approximate surface area is 266 Å². The molecule has 2 amide bonds. The molecule has 1 saturated heterocycles. The van der Waals surface area contributed by atoms with Crippen LogP contribution in [0.5, 0.6) is 23.0 Å². The third kappa shape index (κ3) is 6.48. The summed E-state index contributed by atoms with van der Waals surface area (Å²) >= 11 is 11.6. The zero-order chi connectivity index (χ0) is 31.5. The lowest BCUT2D eigenvalue weighted by molar-refractivity contribution is -0.384. The van der Waals surface area contributed by atoms with Crippen LogP contribution < -0.4 is 24.4 Å². The van der Waals surface area contributed by atoms with Crippen LogP contribution in [0.25, 0.3) is 6.08 Å². The second-order valence-electron chi connectivity index (χ2n) is 9.80. The van der Waals surface area contributed by atoms with Crippen LogP contribution in [0.15, 0.2) is 90.5 Å². The number of hydrogen-bond donors (Lipinski definition) is 1. The summed E-state index contributed by atoms with van der Waals surface area (Å²) < 4.78 is 22.8. The standard InChI is InChI=1S/C32H22ClN3O8S/c33-22-12-20-16-41-18-43-29(20)21(13-22)17-42-28-11-8-24(36(39)40)14-19(28)15-27-30(37)34-32(45)35(31(27)38)23-6-9-26(10-7-23)44-25-4-2-1-3-5-25/h1-15H,16-18H2,(H,34,37,45). The van der Waals surface area contributed by atoms with Gasteiger partial charge in [0.05, 0.1) is 17.2 Å². The number of carbonyl (C=O) groups excluding carboxylic acids is 2. The molecule has 6 rings (SSSR count). The molecule has 0 radical (unpaired) electrons. The van der Waals surface area contributed by atoms with Gasteiger partial charge in [-0.05, 0) is 72.9 Å². The molecule has 0 saturated carbocycles. The molecule has 0 spiro atoms. The zero-order valence-corrected chi connectivity index (χ0v) is 24.8. The number of benzene rings is 4. The summed E-state index contributed by atoms with van der Waals surface area (Å²) in [5, 5.41) is 14.5. The number of para-hydroxylation sites is 1. The average Bonchev–Trinajstić information content (AvgIpc) is 3.03. The van der Waals surface area contributed by atoms with Crippen LogP contribution in [-0.2, 0) is 27.5 Å². The summed E-state index contributed by atoms with van der Waals surface area (Å²) in [5.41, 5.74) is 1.31. The van der Waals surface area contributed by atoms with E-state index in [2.05, 4.69) is 5.32 Å². The number of nitrogens with zero attached hydrogens (tertiary/aromatic N) is 2. The van der Waals surface area contributed by atoms with Crippen LogP contribution in [-0.4, -0.2) is 28.6 Å². The summed E-state index contributed by atoms with van der Waals surface area (Å²) in [5.74, 6) is 0.419. The number of rotatable bonds is 8. The van der Waals surface area contributed by atoms with Crippen LogP contribution in [0.3, 0.4) is 0 Å². The number of anilines is 1. The van der Waals surface area contributed by atoms with Gasteiger partial charge in [0.15, 0.2) is 11.9 Å². The summed E-state index contributed by atoms with van der Waals surface area (Å²) in [6.45, 7) is 0.357. The van der Waals surface area contributed by atoms with Crippen molar-refractivity contribution in [3.05, 3.63) is 122 Å². The minimum atomic E-state index is -0.764. The van der Waals surface area contributed by atoms with Gasteiger partial charge in [-0.3, -0.25) is 29.9 Å². The third-order valence-electron chi connectivity index (χ3n) is 6.81. The van der Waals surface area contributed by atoms with Crippen molar-refractivity contribution in [2.75, 3.05) is 11.7 Å². The fourth-order valence-corrected chi connectivity index (χ4v) is 5.29. The minimum Gasteiger partial charge on any atom is -0.488 e. The number of ether oxygens (including phenoxy) is 4. The Morgan fingerprint density at radius 3 is 2.53 bits per heavy atom. The summed E-state index contributed by atoms with van der Waals surface area (Å²) in [7, 11) is 0. The second kappa shape index (κ2) is 12.7. The molecule has 11 nitrogen and oxygen atoms in total. The fourth-order valence-electron chi connectivity index (χ4n) is 4.75. The molecule has 4 aromatic rings. The maximum Gasteiger partial charge on any atom is 0.270 e.